The van der Waals surface area contributed by atoms with Gasteiger partial charge in [0.1, 0.15) is 31.3 Å². The molecular weight excluding hydrogens is 606 g/mol. The molecule has 5 rings (SSSR count). The fourth-order valence-corrected chi connectivity index (χ4v) is 5.47. The van der Waals surface area contributed by atoms with Crippen LogP contribution in [-0.2, 0) is 36.9 Å². The Bertz CT molecular complexity index is 1710. The van der Waals surface area contributed by atoms with Gasteiger partial charge in [0.2, 0.25) is 0 Å². The van der Waals surface area contributed by atoms with Crippen molar-refractivity contribution in [2.45, 2.75) is 33.9 Å². The smallest absolute Gasteiger partial charge is 0.332 e. The molecule has 0 N–H and O–H groups in total. The Morgan fingerprint density at radius 3 is 2.04 bits per heavy atom. The summed E-state index contributed by atoms with van der Waals surface area (Å²) in [5, 5.41) is 1.18. The molecule has 5 aromatic rings. The van der Waals surface area contributed by atoms with E-state index in [2.05, 4.69) is 85.1 Å². The van der Waals surface area contributed by atoms with Gasteiger partial charge in [0.25, 0.3) is 0 Å². The Morgan fingerprint density at radius 1 is 0.667 bits per heavy atom. The molecule has 1 heterocycles. The summed E-state index contributed by atoms with van der Waals surface area (Å²) in [5.41, 5.74) is 8.35. The summed E-state index contributed by atoms with van der Waals surface area (Å²) in [6, 6.07) is 33.6. The Hall–Kier alpha value is -4.63. The first-order valence-corrected chi connectivity index (χ1v) is 16.5. The van der Waals surface area contributed by atoms with E-state index in [-0.39, 0.29) is 12.6 Å². The SMILES string of the molecule is CCOC(=O)COCCOCCOCCOc1ccc(Cn2c(-c3ccc(C)cc3)c(C)c3cc(OCc4ccccc4)ccc32)cc1. The highest BCUT2D eigenvalue weighted by atomic mass is 16.6. The van der Waals surface area contributed by atoms with Crippen molar-refractivity contribution in [3.63, 3.8) is 0 Å². The van der Waals surface area contributed by atoms with E-state index in [0.717, 1.165) is 23.6 Å². The van der Waals surface area contributed by atoms with E-state index in [1.807, 2.05) is 30.3 Å². The summed E-state index contributed by atoms with van der Waals surface area (Å²) in [7, 11) is 0. The van der Waals surface area contributed by atoms with Crippen LogP contribution in [0.25, 0.3) is 22.2 Å². The predicted octanol–water partition coefficient (Wildman–Crippen LogP) is 7.54. The molecule has 4 aromatic carbocycles. The highest BCUT2D eigenvalue weighted by Gasteiger charge is 2.17. The van der Waals surface area contributed by atoms with E-state index >= 15 is 0 Å². The third-order valence-corrected chi connectivity index (χ3v) is 7.89. The second kappa shape index (κ2) is 18.1. The minimum atomic E-state index is -0.368. The van der Waals surface area contributed by atoms with E-state index in [1.165, 1.54) is 38.9 Å². The molecule has 48 heavy (non-hydrogen) atoms. The number of fused-ring (bicyclic) bond motifs is 1. The highest BCUT2D eigenvalue weighted by Crippen LogP contribution is 2.36. The second-order valence-corrected chi connectivity index (χ2v) is 11.5. The Balaban J connectivity index is 1.15. The monoisotopic (exact) mass is 651 g/mol. The molecule has 8 nitrogen and oxygen atoms in total. The van der Waals surface area contributed by atoms with Gasteiger partial charge in [0, 0.05) is 17.4 Å². The number of nitrogens with zero attached hydrogens (tertiary/aromatic N) is 1. The molecule has 0 saturated carbocycles. The number of aromatic nitrogens is 1. The topological polar surface area (TPSA) is 77.4 Å². The minimum Gasteiger partial charge on any atom is -0.491 e. The largest absolute Gasteiger partial charge is 0.491 e. The van der Waals surface area contributed by atoms with Crippen molar-refractivity contribution >= 4 is 16.9 Å². The zero-order valence-corrected chi connectivity index (χ0v) is 28.1. The number of ether oxygens (including phenoxy) is 6. The minimum absolute atomic E-state index is 0.0596. The molecule has 252 valence electrons. The number of esters is 1. The molecule has 0 aliphatic carbocycles. The van der Waals surface area contributed by atoms with Crippen LogP contribution in [0.3, 0.4) is 0 Å². The van der Waals surface area contributed by atoms with E-state index in [0.29, 0.717) is 52.9 Å². The van der Waals surface area contributed by atoms with Gasteiger partial charge in [0.05, 0.1) is 45.3 Å². The van der Waals surface area contributed by atoms with Crippen molar-refractivity contribution < 1.29 is 33.2 Å². The van der Waals surface area contributed by atoms with Crippen molar-refractivity contribution in [2.24, 2.45) is 0 Å². The van der Waals surface area contributed by atoms with Crippen LogP contribution < -0.4 is 9.47 Å². The van der Waals surface area contributed by atoms with Crippen LogP contribution in [0.4, 0.5) is 0 Å². The Kier molecular flexibility index (Phi) is 13.1. The predicted molar refractivity (Wildman–Crippen MR) is 188 cm³/mol. The summed E-state index contributed by atoms with van der Waals surface area (Å²) in [4.78, 5) is 11.2. The maximum Gasteiger partial charge on any atom is 0.332 e. The zero-order valence-electron chi connectivity index (χ0n) is 28.1. The standard InChI is InChI=1S/C40H45NO7/c1-4-46-39(42)29-45-23-22-43-20-21-44-24-25-47-35-16-12-32(13-17-35)27-41-38-19-18-36(48-28-33-8-6-5-7-9-33)26-37(38)31(3)40(41)34-14-10-30(2)11-15-34/h5-19,26H,4,20-25,27-29H2,1-3H3. The molecule has 0 spiro atoms. The lowest BCUT2D eigenvalue weighted by atomic mass is 10.0. The maximum absolute atomic E-state index is 11.2. The molecule has 8 heteroatoms. The van der Waals surface area contributed by atoms with Gasteiger partial charge in [-0.15, -0.1) is 0 Å². The fourth-order valence-electron chi connectivity index (χ4n) is 5.47. The summed E-state index contributed by atoms with van der Waals surface area (Å²) >= 11 is 0. The number of hydrogen-bond donors (Lipinski definition) is 0. The number of hydrogen-bond acceptors (Lipinski definition) is 7. The normalized spacial score (nSPS) is 11.1. The summed E-state index contributed by atoms with van der Waals surface area (Å²) in [5.74, 6) is 1.29. The number of carbonyl (C=O) groups is 1. The molecule has 0 fully saturated rings. The molecule has 0 atom stereocenters. The van der Waals surface area contributed by atoms with Gasteiger partial charge in [-0.1, -0.05) is 72.3 Å². The lowest BCUT2D eigenvalue weighted by molar-refractivity contribution is -0.149. The molecule has 1 aromatic heterocycles. The van der Waals surface area contributed by atoms with Gasteiger partial charge in [-0.25, -0.2) is 4.79 Å². The number of aryl methyl sites for hydroxylation is 2. The van der Waals surface area contributed by atoms with Gasteiger partial charge in [-0.3, -0.25) is 0 Å². The molecule has 0 amide bonds. The summed E-state index contributed by atoms with van der Waals surface area (Å²) < 4.78 is 35.6. The van der Waals surface area contributed by atoms with Crippen molar-refractivity contribution in [3.8, 4) is 22.8 Å². The van der Waals surface area contributed by atoms with Crippen LogP contribution in [-0.4, -0.2) is 63.4 Å². The molecular formula is C40H45NO7. The lowest BCUT2D eigenvalue weighted by Crippen LogP contribution is -2.16. The van der Waals surface area contributed by atoms with Crippen LogP contribution in [0.5, 0.6) is 11.5 Å². The molecule has 0 saturated heterocycles. The number of carbonyl (C=O) groups excluding carboxylic acids is 1. The van der Waals surface area contributed by atoms with Gasteiger partial charge in [-0.05, 0) is 73.4 Å². The molecule has 0 bridgehead atoms. The first kappa shape index (κ1) is 34.7. The van der Waals surface area contributed by atoms with Crippen molar-refractivity contribution in [3.05, 3.63) is 119 Å². The first-order valence-electron chi connectivity index (χ1n) is 16.5. The zero-order chi connectivity index (χ0) is 33.6. The summed E-state index contributed by atoms with van der Waals surface area (Å²) in [6.07, 6.45) is 0. The summed E-state index contributed by atoms with van der Waals surface area (Å²) in [6.45, 7) is 10.1. The Morgan fingerprint density at radius 2 is 1.33 bits per heavy atom. The van der Waals surface area contributed by atoms with E-state index < -0.39 is 0 Å². The van der Waals surface area contributed by atoms with Crippen molar-refractivity contribution in [2.75, 3.05) is 52.9 Å². The molecule has 0 unspecified atom stereocenters. The van der Waals surface area contributed by atoms with Crippen LogP contribution >= 0.6 is 0 Å². The number of rotatable bonds is 19. The highest BCUT2D eigenvalue weighted by molar-refractivity contribution is 5.92. The second-order valence-electron chi connectivity index (χ2n) is 11.5. The molecule has 0 aliphatic heterocycles. The maximum atomic E-state index is 11.2. The van der Waals surface area contributed by atoms with Crippen LogP contribution in [0, 0.1) is 13.8 Å². The van der Waals surface area contributed by atoms with Gasteiger partial charge < -0.3 is 33.0 Å². The van der Waals surface area contributed by atoms with Crippen LogP contribution in [0.15, 0.2) is 97.1 Å². The van der Waals surface area contributed by atoms with Crippen molar-refractivity contribution in [1.82, 2.24) is 4.57 Å². The first-order chi connectivity index (χ1) is 23.5. The van der Waals surface area contributed by atoms with E-state index in [4.69, 9.17) is 28.4 Å². The average molecular weight is 652 g/mol. The van der Waals surface area contributed by atoms with Crippen LogP contribution in [0.2, 0.25) is 0 Å². The molecule has 0 radical (unpaired) electrons. The van der Waals surface area contributed by atoms with Gasteiger partial charge in [0.15, 0.2) is 0 Å². The number of benzene rings is 4. The van der Waals surface area contributed by atoms with Gasteiger partial charge >= 0.3 is 5.97 Å². The van der Waals surface area contributed by atoms with Crippen LogP contribution in [0.1, 0.15) is 29.2 Å². The lowest BCUT2D eigenvalue weighted by Gasteiger charge is -2.14. The quantitative estimate of drug-likeness (QED) is 0.0674. The van der Waals surface area contributed by atoms with Crippen molar-refractivity contribution in [1.29, 1.82) is 0 Å². The third-order valence-electron chi connectivity index (χ3n) is 7.89. The Labute approximate surface area is 283 Å². The van der Waals surface area contributed by atoms with E-state index in [1.54, 1.807) is 6.92 Å². The fraction of sp³-hybridized carbons (Fsp3) is 0.325. The van der Waals surface area contributed by atoms with Gasteiger partial charge in [-0.2, -0.15) is 0 Å². The molecule has 0 aliphatic rings. The third kappa shape index (κ3) is 9.94. The average Bonchev–Trinajstić information content (AvgIpc) is 3.37. The van der Waals surface area contributed by atoms with E-state index in [9.17, 15) is 4.79 Å².